The predicted molar refractivity (Wildman–Crippen MR) is 47.2 cm³/mol. The van der Waals surface area contributed by atoms with Crippen molar-refractivity contribution in [2.45, 2.75) is 6.92 Å². The largest absolute Gasteiger partial charge is 0.383 e. The van der Waals surface area contributed by atoms with E-state index in [4.69, 9.17) is 11.9 Å². The number of benzene rings is 1. The summed E-state index contributed by atoms with van der Waals surface area (Å²) in [5.41, 5.74) is 0.569. The molecule has 0 atom stereocenters. The zero-order valence-corrected chi connectivity index (χ0v) is 7.26. The summed E-state index contributed by atoms with van der Waals surface area (Å²) < 4.78 is 4.50. The van der Waals surface area contributed by atoms with Crippen molar-refractivity contribution in [3.63, 3.8) is 0 Å². The molecule has 1 rings (SSSR count). The SMILES string of the molecule is CC(=O)Nc1ccccc1OCl. The first-order chi connectivity index (χ1) is 5.74. The Morgan fingerprint density at radius 2 is 2.17 bits per heavy atom. The van der Waals surface area contributed by atoms with Crippen LogP contribution < -0.4 is 9.61 Å². The van der Waals surface area contributed by atoms with Crippen molar-refractivity contribution < 1.29 is 9.08 Å². The van der Waals surface area contributed by atoms with Crippen molar-refractivity contribution in [2.75, 3.05) is 5.32 Å². The Bertz CT molecular complexity index is 288. The fourth-order valence-electron chi connectivity index (χ4n) is 0.827. The first kappa shape index (κ1) is 8.87. The van der Waals surface area contributed by atoms with E-state index in [1.165, 1.54) is 6.92 Å². The molecule has 12 heavy (non-hydrogen) atoms. The quantitative estimate of drug-likeness (QED) is 0.767. The second kappa shape index (κ2) is 3.97. The molecule has 0 aliphatic carbocycles. The van der Waals surface area contributed by atoms with Gasteiger partial charge < -0.3 is 9.61 Å². The van der Waals surface area contributed by atoms with E-state index in [0.717, 1.165) is 0 Å². The van der Waals surface area contributed by atoms with Gasteiger partial charge in [0.2, 0.25) is 5.91 Å². The van der Waals surface area contributed by atoms with E-state index in [1.54, 1.807) is 24.3 Å². The molecule has 0 fully saturated rings. The van der Waals surface area contributed by atoms with Crippen molar-refractivity contribution >= 4 is 23.5 Å². The van der Waals surface area contributed by atoms with E-state index in [9.17, 15) is 4.79 Å². The van der Waals surface area contributed by atoms with E-state index in [-0.39, 0.29) is 5.91 Å². The maximum atomic E-state index is 10.7. The summed E-state index contributed by atoms with van der Waals surface area (Å²) in [6.45, 7) is 1.42. The third kappa shape index (κ3) is 2.13. The number of carbonyl (C=O) groups excluding carboxylic acids is 1. The third-order valence-corrected chi connectivity index (χ3v) is 1.45. The van der Waals surface area contributed by atoms with Crippen LogP contribution in [0.15, 0.2) is 24.3 Å². The van der Waals surface area contributed by atoms with E-state index >= 15 is 0 Å². The van der Waals surface area contributed by atoms with Gasteiger partial charge in [-0.1, -0.05) is 12.1 Å². The highest BCUT2D eigenvalue weighted by molar-refractivity contribution is 6.09. The normalized spacial score (nSPS) is 9.17. The average Bonchev–Trinajstić information content (AvgIpc) is 2.04. The lowest BCUT2D eigenvalue weighted by atomic mass is 10.3. The van der Waals surface area contributed by atoms with Crippen LogP contribution in [0.5, 0.6) is 5.75 Å². The fourth-order valence-corrected chi connectivity index (χ4v) is 0.961. The van der Waals surface area contributed by atoms with Crippen molar-refractivity contribution in [3.05, 3.63) is 24.3 Å². The Labute approximate surface area is 75.5 Å². The zero-order chi connectivity index (χ0) is 8.97. The second-order valence-corrected chi connectivity index (χ2v) is 2.41. The fraction of sp³-hybridized carbons (Fsp3) is 0.125. The number of amides is 1. The van der Waals surface area contributed by atoms with Gasteiger partial charge in [-0.25, -0.2) is 0 Å². The van der Waals surface area contributed by atoms with Crippen LogP contribution in [0.4, 0.5) is 5.69 Å². The Morgan fingerprint density at radius 3 is 2.75 bits per heavy atom. The molecule has 1 amide bonds. The first-order valence-electron chi connectivity index (χ1n) is 3.39. The molecule has 0 heterocycles. The topological polar surface area (TPSA) is 38.3 Å². The molecule has 0 aliphatic rings. The molecule has 0 aliphatic heterocycles. The molecule has 0 aromatic heterocycles. The van der Waals surface area contributed by atoms with Gasteiger partial charge in [-0.3, -0.25) is 4.79 Å². The highest BCUT2D eigenvalue weighted by Gasteiger charge is 2.02. The summed E-state index contributed by atoms with van der Waals surface area (Å²) in [4.78, 5) is 10.7. The van der Waals surface area contributed by atoms with Crippen LogP contribution in [0.3, 0.4) is 0 Å². The van der Waals surface area contributed by atoms with Crippen molar-refractivity contribution in [3.8, 4) is 5.75 Å². The van der Waals surface area contributed by atoms with E-state index in [0.29, 0.717) is 11.4 Å². The number of hydrogen-bond donors (Lipinski definition) is 1. The van der Waals surface area contributed by atoms with Gasteiger partial charge in [0.15, 0.2) is 5.75 Å². The van der Waals surface area contributed by atoms with Crippen molar-refractivity contribution in [1.82, 2.24) is 0 Å². The van der Waals surface area contributed by atoms with Crippen LogP contribution in [-0.2, 0) is 4.79 Å². The number of hydrogen-bond acceptors (Lipinski definition) is 2. The van der Waals surface area contributed by atoms with Gasteiger partial charge in [0.05, 0.1) is 5.69 Å². The highest BCUT2D eigenvalue weighted by atomic mass is 35.5. The number of para-hydroxylation sites is 2. The molecule has 1 aromatic rings. The van der Waals surface area contributed by atoms with Gasteiger partial charge >= 0.3 is 0 Å². The summed E-state index contributed by atoms with van der Waals surface area (Å²) in [5, 5.41) is 2.58. The van der Waals surface area contributed by atoms with Gasteiger partial charge in [0, 0.05) is 6.92 Å². The maximum absolute atomic E-state index is 10.7. The molecule has 1 aromatic carbocycles. The number of anilines is 1. The van der Waals surface area contributed by atoms with Crippen molar-refractivity contribution in [1.29, 1.82) is 0 Å². The summed E-state index contributed by atoms with van der Waals surface area (Å²) in [7, 11) is 0. The van der Waals surface area contributed by atoms with Gasteiger partial charge in [0.1, 0.15) is 11.9 Å². The predicted octanol–water partition coefficient (Wildman–Crippen LogP) is 2.18. The molecule has 0 saturated heterocycles. The standard InChI is InChI=1S/C8H8ClNO2/c1-6(11)10-7-4-2-3-5-8(7)12-9/h2-5H,1H3,(H,10,11). The Hall–Kier alpha value is -1.22. The Kier molecular flexibility index (Phi) is 2.94. The van der Waals surface area contributed by atoms with Crippen molar-refractivity contribution in [2.24, 2.45) is 0 Å². The Morgan fingerprint density at radius 1 is 1.50 bits per heavy atom. The van der Waals surface area contributed by atoms with Crippen LogP contribution in [0.2, 0.25) is 0 Å². The van der Waals surface area contributed by atoms with Crippen LogP contribution in [0.1, 0.15) is 6.92 Å². The number of halogens is 1. The van der Waals surface area contributed by atoms with Gasteiger partial charge in [-0.2, -0.15) is 0 Å². The van der Waals surface area contributed by atoms with E-state index in [1.807, 2.05) is 0 Å². The number of nitrogens with one attached hydrogen (secondary N) is 1. The van der Waals surface area contributed by atoms with Crippen LogP contribution in [-0.4, -0.2) is 5.91 Å². The molecule has 0 unspecified atom stereocenters. The second-order valence-electron chi connectivity index (χ2n) is 2.25. The Balaban J connectivity index is 2.89. The molecule has 0 spiro atoms. The molecule has 3 nitrogen and oxygen atoms in total. The lowest BCUT2D eigenvalue weighted by molar-refractivity contribution is -0.114. The lowest BCUT2D eigenvalue weighted by Crippen LogP contribution is -2.06. The molecule has 0 saturated carbocycles. The molecular weight excluding hydrogens is 178 g/mol. The molecule has 1 N–H and O–H groups in total. The smallest absolute Gasteiger partial charge is 0.221 e. The number of carbonyl (C=O) groups is 1. The van der Waals surface area contributed by atoms with Crippen LogP contribution >= 0.6 is 11.9 Å². The molecule has 4 heteroatoms. The van der Waals surface area contributed by atoms with Gasteiger partial charge in [-0.05, 0) is 12.1 Å². The van der Waals surface area contributed by atoms with Gasteiger partial charge in [-0.15, -0.1) is 0 Å². The molecule has 0 radical (unpaired) electrons. The minimum absolute atomic E-state index is 0.156. The summed E-state index contributed by atoms with van der Waals surface area (Å²) in [5.74, 6) is 0.283. The first-order valence-corrected chi connectivity index (χ1v) is 3.70. The van der Waals surface area contributed by atoms with Crippen LogP contribution in [0.25, 0.3) is 0 Å². The zero-order valence-electron chi connectivity index (χ0n) is 6.50. The van der Waals surface area contributed by atoms with Gasteiger partial charge in [0.25, 0.3) is 0 Å². The average molecular weight is 186 g/mol. The lowest BCUT2D eigenvalue weighted by Gasteiger charge is -2.04. The molecule has 64 valence electrons. The summed E-state index contributed by atoms with van der Waals surface area (Å²) in [6, 6.07) is 6.92. The highest BCUT2D eigenvalue weighted by Crippen LogP contribution is 2.24. The molecular formula is C8H8ClNO2. The summed E-state index contributed by atoms with van der Waals surface area (Å²) >= 11 is 5.16. The number of rotatable bonds is 2. The molecule has 0 bridgehead atoms. The maximum Gasteiger partial charge on any atom is 0.221 e. The minimum atomic E-state index is -0.156. The minimum Gasteiger partial charge on any atom is -0.383 e. The summed E-state index contributed by atoms with van der Waals surface area (Å²) in [6.07, 6.45) is 0. The van der Waals surface area contributed by atoms with E-state index in [2.05, 4.69) is 9.61 Å². The van der Waals surface area contributed by atoms with E-state index < -0.39 is 0 Å². The third-order valence-electron chi connectivity index (χ3n) is 1.28. The van der Waals surface area contributed by atoms with Crippen LogP contribution in [0, 0.1) is 0 Å². The monoisotopic (exact) mass is 185 g/mol.